The number of hydrogen-bond donors (Lipinski definition) is 7. The van der Waals surface area contributed by atoms with Gasteiger partial charge in [-0.05, 0) is 74.8 Å². The van der Waals surface area contributed by atoms with Crippen LogP contribution in [-0.4, -0.2) is 53.9 Å². The van der Waals surface area contributed by atoms with Gasteiger partial charge in [-0.25, -0.2) is 4.79 Å². The monoisotopic (exact) mass is 564 g/mol. The number of alkyl halides is 3. The standard InChI is InChI=1S/C24H30N6O3.C2HF3O2/c1-15(16-2-6-20(7-3-16)30-24(33)18-10-12-27-13-11-18)28-21(31)14-22(32)29-19-8-4-17(5-9-19)23(25)26;3-2(4,5)1(6)7/h2-9,15,18,27H,10-14H2,1H3,(H3,25,26)(H,28,31)(H,29,32)(H,30,33);(H,6,7). The molecule has 40 heavy (non-hydrogen) atoms. The smallest absolute Gasteiger partial charge is 0.475 e. The van der Waals surface area contributed by atoms with E-state index >= 15 is 0 Å². The number of halogens is 3. The Morgan fingerprint density at radius 1 is 0.975 bits per heavy atom. The number of aliphatic carboxylic acids is 1. The van der Waals surface area contributed by atoms with E-state index in [1.807, 2.05) is 31.2 Å². The van der Waals surface area contributed by atoms with E-state index in [2.05, 4.69) is 21.3 Å². The van der Waals surface area contributed by atoms with Crippen LogP contribution in [0.5, 0.6) is 0 Å². The number of nitrogens with one attached hydrogen (secondary N) is 5. The minimum Gasteiger partial charge on any atom is -0.475 e. The molecule has 2 aromatic carbocycles. The van der Waals surface area contributed by atoms with Gasteiger partial charge in [-0.2, -0.15) is 13.2 Å². The maximum absolute atomic E-state index is 12.4. The number of rotatable bonds is 8. The van der Waals surface area contributed by atoms with Gasteiger partial charge in [0.25, 0.3) is 0 Å². The number of hydrogen-bond acceptors (Lipinski definition) is 6. The van der Waals surface area contributed by atoms with Crippen LogP contribution in [-0.2, 0) is 19.2 Å². The summed E-state index contributed by atoms with van der Waals surface area (Å²) in [5.74, 6) is -3.59. The fourth-order valence-corrected chi connectivity index (χ4v) is 3.64. The Morgan fingerprint density at radius 2 is 1.48 bits per heavy atom. The van der Waals surface area contributed by atoms with Crippen LogP contribution in [0.2, 0.25) is 0 Å². The number of nitrogens with two attached hydrogens (primary N) is 1. The van der Waals surface area contributed by atoms with Crippen molar-refractivity contribution >= 4 is 40.9 Å². The predicted molar refractivity (Wildman–Crippen MR) is 142 cm³/mol. The SMILES string of the molecule is CC(NC(=O)CC(=O)Nc1ccc(C(=N)N)cc1)c1ccc(NC(=O)C2CCNCC2)cc1.O=C(O)C(F)(F)F. The fourth-order valence-electron chi connectivity index (χ4n) is 3.64. The normalized spacial score (nSPS) is 14.1. The Hall–Kier alpha value is -4.46. The molecule has 1 atom stereocenters. The zero-order valence-corrected chi connectivity index (χ0v) is 21.6. The number of amides is 3. The molecule has 2 aromatic rings. The van der Waals surface area contributed by atoms with Crippen LogP contribution in [0.25, 0.3) is 0 Å². The average Bonchev–Trinajstić information content (AvgIpc) is 2.89. The number of anilines is 2. The molecule has 0 aliphatic carbocycles. The number of carboxylic acids is 1. The first-order chi connectivity index (χ1) is 18.8. The lowest BCUT2D eigenvalue weighted by molar-refractivity contribution is -0.192. The average molecular weight is 565 g/mol. The summed E-state index contributed by atoms with van der Waals surface area (Å²) in [6.45, 7) is 3.55. The van der Waals surface area contributed by atoms with Gasteiger partial charge in [0.05, 0.1) is 6.04 Å². The van der Waals surface area contributed by atoms with Crippen LogP contribution in [0.4, 0.5) is 24.5 Å². The van der Waals surface area contributed by atoms with Crippen LogP contribution in [0.15, 0.2) is 48.5 Å². The number of piperidine rings is 1. The lowest BCUT2D eigenvalue weighted by Crippen LogP contribution is -2.34. The molecular weight excluding hydrogens is 533 g/mol. The van der Waals surface area contributed by atoms with Gasteiger partial charge in [0, 0.05) is 22.9 Å². The Balaban J connectivity index is 0.000000708. The summed E-state index contributed by atoms with van der Waals surface area (Å²) in [7, 11) is 0. The van der Waals surface area contributed by atoms with Gasteiger partial charge in [0.15, 0.2) is 0 Å². The quantitative estimate of drug-likeness (QED) is 0.146. The van der Waals surface area contributed by atoms with Gasteiger partial charge < -0.3 is 32.1 Å². The van der Waals surface area contributed by atoms with Crippen molar-refractivity contribution in [1.29, 1.82) is 5.41 Å². The number of amidine groups is 1. The predicted octanol–water partition coefficient (Wildman–Crippen LogP) is 2.75. The summed E-state index contributed by atoms with van der Waals surface area (Å²) in [4.78, 5) is 45.7. The van der Waals surface area contributed by atoms with Crippen LogP contribution in [0.1, 0.15) is 43.4 Å². The van der Waals surface area contributed by atoms with Crippen molar-refractivity contribution in [3.8, 4) is 0 Å². The Kier molecular flexibility index (Phi) is 11.6. The third-order valence-electron chi connectivity index (χ3n) is 5.81. The van der Waals surface area contributed by atoms with E-state index in [0.29, 0.717) is 11.3 Å². The molecule has 3 rings (SSSR count). The molecule has 1 unspecified atom stereocenters. The first-order valence-electron chi connectivity index (χ1n) is 12.2. The van der Waals surface area contributed by atoms with E-state index in [-0.39, 0.29) is 30.1 Å². The van der Waals surface area contributed by atoms with Crippen molar-refractivity contribution in [1.82, 2.24) is 10.6 Å². The van der Waals surface area contributed by atoms with Crippen molar-refractivity contribution in [3.05, 3.63) is 59.7 Å². The van der Waals surface area contributed by atoms with Crippen LogP contribution >= 0.6 is 0 Å². The van der Waals surface area contributed by atoms with E-state index in [0.717, 1.165) is 37.2 Å². The lowest BCUT2D eigenvalue weighted by Gasteiger charge is -2.22. The Bertz CT molecular complexity index is 1200. The number of carboxylic acid groups (broad SMARTS) is 1. The van der Waals surface area contributed by atoms with Gasteiger partial charge >= 0.3 is 12.1 Å². The zero-order valence-electron chi connectivity index (χ0n) is 21.6. The molecule has 1 aliphatic rings. The molecule has 1 aliphatic heterocycles. The molecular formula is C26H31F3N6O5. The highest BCUT2D eigenvalue weighted by molar-refractivity contribution is 6.04. The lowest BCUT2D eigenvalue weighted by atomic mass is 9.97. The van der Waals surface area contributed by atoms with Gasteiger partial charge in [-0.15, -0.1) is 0 Å². The molecule has 14 heteroatoms. The van der Waals surface area contributed by atoms with Gasteiger partial charge in [0.1, 0.15) is 12.3 Å². The number of nitrogen functional groups attached to an aromatic ring is 1. The molecule has 3 amide bonds. The van der Waals surface area contributed by atoms with E-state index in [9.17, 15) is 27.6 Å². The minimum atomic E-state index is -5.08. The highest BCUT2D eigenvalue weighted by atomic mass is 19.4. The molecule has 1 heterocycles. The number of carbonyl (C=O) groups is 4. The van der Waals surface area contributed by atoms with E-state index in [4.69, 9.17) is 21.0 Å². The number of benzene rings is 2. The first kappa shape index (κ1) is 31.8. The Labute approximate surface area is 228 Å². The largest absolute Gasteiger partial charge is 0.490 e. The summed E-state index contributed by atoms with van der Waals surface area (Å²) < 4.78 is 31.7. The second-order valence-corrected chi connectivity index (χ2v) is 8.94. The highest BCUT2D eigenvalue weighted by Gasteiger charge is 2.38. The third-order valence-corrected chi connectivity index (χ3v) is 5.81. The van der Waals surface area contributed by atoms with Crippen molar-refractivity contribution in [2.75, 3.05) is 23.7 Å². The van der Waals surface area contributed by atoms with Crippen LogP contribution in [0, 0.1) is 11.3 Å². The molecule has 1 fully saturated rings. The van der Waals surface area contributed by atoms with E-state index in [1.54, 1.807) is 24.3 Å². The maximum atomic E-state index is 12.4. The molecule has 216 valence electrons. The van der Waals surface area contributed by atoms with Crippen molar-refractivity contribution in [3.63, 3.8) is 0 Å². The molecule has 1 saturated heterocycles. The molecule has 0 aromatic heterocycles. The summed E-state index contributed by atoms with van der Waals surface area (Å²) in [5, 5.41) is 26.2. The summed E-state index contributed by atoms with van der Waals surface area (Å²) >= 11 is 0. The fraction of sp³-hybridized carbons (Fsp3) is 0.346. The molecule has 11 nitrogen and oxygen atoms in total. The first-order valence-corrected chi connectivity index (χ1v) is 12.2. The van der Waals surface area contributed by atoms with Crippen LogP contribution in [0.3, 0.4) is 0 Å². The maximum Gasteiger partial charge on any atom is 0.490 e. The molecule has 0 saturated carbocycles. The van der Waals surface area contributed by atoms with Gasteiger partial charge in [-0.3, -0.25) is 19.8 Å². The third kappa shape index (κ3) is 10.7. The summed E-state index contributed by atoms with van der Waals surface area (Å²) in [6.07, 6.45) is -3.72. The molecule has 0 bridgehead atoms. The van der Waals surface area contributed by atoms with E-state index < -0.39 is 24.0 Å². The van der Waals surface area contributed by atoms with Crippen LogP contribution < -0.4 is 27.0 Å². The summed E-state index contributed by atoms with van der Waals surface area (Å²) in [5.41, 5.74) is 8.06. The second kappa shape index (κ2) is 14.6. The van der Waals surface area contributed by atoms with E-state index in [1.165, 1.54) is 0 Å². The van der Waals surface area contributed by atoms with Crippen molar-refractivity contribution < 1.29 is 37.5 Å². The highest BCUT2D eigenvalue weighted by Crippen LogP contribution is 2.19. The Morgan fingerprint density at radius 3 is 1.98 bits per heavy atom. The topological polar surface area (TPSA) is 186 Å². The van der Waals surface area contributed by atoms with Gasteiger partial charge in [0.2, 0.25) is 17.7 Å². The molecule has 0 spiro atoms. The summed E-state index contributed by atoms with van der Waals surface area (Å²) in [6, 6.07) is 13.5. The number of carbonyl (C=O) groups excluding carboxylic acids is 3. The zero-order chi connectivity index (χ0) is 29.9. The molecule has 0 radical (unpaired) electrons. The van der Waals surface area contributed by atoms with Crippen molar-refractivity contribution in [2.45, 2.75) is 38.4 Å². The van der Waals surface area contributed by atoms with Gasteiger partial charge in [-0.1, -0.05) is 12.1 Å². The van der Waals surface area contributed by atoms with Crippen molar-refractivity contribution in [2.24, 2.45) is 11.7 Å². The minimum absolute atomic E-state index is 0.0300. The molecule has 8 N–H and O–H groups in total. The second-order valence-electron chi connectivity index (χ2n) is 8.94.